The van der Waals surface area contributed by atoms with E-state index in [4.69, 9.17) is 9.84 Å². The van der Waals surface area contributed by atoms with Gasteiger partial charge in [-0.3, -0.25) is 0 Å². The second-order valence-electron chi connectivity index (χ2n) is 3.74. The summed E-state index contributed by atoms with van der Waals surface area (Å²) in [5, 5.41) is 10.7. The molecule has 0 unspecified atom stereocenters. The van der Waals surface area contributed by atoms with Crippen LogP contribution in [0, 0.1) is 0 Å². The lowest BCUT2D eigenvalue weighted by atomic mass is 10.4. The average Bonchev–Trinajstić information content (AvgIpc) is 2.78. The third-order valence-electron chi connectivity index (χ3n) is 2.19. The van der Waals surface area contributed by atoms with Gasteiger partial charge in [0.25, 0.3) is 0 Å². The number of sulfonamides is 1. The number of nitrogens with one attached hydrogen (secondary N) is 1. The lowest BCUT2D eigenvalue weighted by Gasteiger charge is -2.05. The molecule has 0 amide bonds. The molecule has 1 heterocycles. The highest BCUT2D eigenvalue weighted by Gasteiger charge is 2.11. The molecule has 0 saturated heterocycles. The molecule has 0 fully saturated rings. The Bertz CT molecular complexity index is 512. The highest BCUT2D eigenvalue weighted by Crippen LogP contribution is 2.10. The Morgan fingerprint density at radius 3 is 2.89 bits per heavy atom. The first kappa shape index (κ1) is 16.0. The van der Waals surface area contributed by atoms with Crippen LogP contribution < -0.4 is 4.72 Å². The average molecular weight is 308 g/mol. The number of methoxy groups -OCH3 is 1. The third kappa shape index (κ3) is 6.10. The van der Waals surface area contributed by atoms with Crippen LogP contribution >= 0.6 is 11.3 Å². The predicted molar refractivity (Wildman–Crippen MR) is 71.1 cm³/mol. The van der Waals surface area contributed by atoms with E-state index in [9.17, 15) is 13.2 Å². The van der Waals surface area contributed by atoms with Crippen LogP contribution in [-0.2, 0) is 21.2 Å². The molecule has 0 atom stereocenters. The van der Waals surface area contributed by atoms with Crippen molar-refractivity contribution in [1.29, 1.82) is 0 Å². The maximum atomic E-state index is 11.5. The first-order valence-corrected chi connectivity index (χ1v) is 8.12. The molecule has 2 N–H and O–H groups in total. The summed E-state index contributed by atoms with van der Waals surface area (Å²) in [6.07, 6.45) is 0.813. The number of hydrogen-bond donors (Lipinski definition) is 2. The zero-order valence-electron chi connectivity index (χ0n) is 10.5. The lowest BCUT2D eigenvalue weighted by Crippen LogP contribution is -2.28. The van der Waals surface area contributed by atoms with Gasteiger partial charge in [-0.2, -0.15) is 0 Å². The van der Waals surface area contributed by atoms with Gasteiger partial charge >= 0.3 is 5.97 Å². The van der Waals surface area contributed by atoms with Gasteiger partial charge in [-0.1, -0.05) is 0 Å². The smallest absolute Gasteiger partial charge is 0.355 e. The molecule has 1 rings (SSSR count). The van der Waals surface area contributed by atoms with Crippen LogP contribution in [0.2, 0.25) is 0 Å². The summed E-state index contributed by atoms with van der Waals surface area (Å²) in [4.78, 5) is 14.5. The van der Waals surface area contributed by atoms with Crippen molar-refractivity contribution in [2.45, 2.75) is 12.8 Å². The summed E-state index contributed by atoms with van der Waals surface area (Å²) in [5.74, 6) is -1.07. The van der Waals surface area contributed by atoms with Crippen LogP contribution in [0.4, 0.5) is 0 Å². The van der Waals surface area contributed by atoms with Gasteiger partial charge in [-0.15, -0.1) is 11.3 Å². The number of hydrogen-bond acceptors (Lipinski definition) is 6. The SMILES string of the molecule is COCCCS(=O)(=O)NCCc1nc(C(=O)O)cs1. The number of ether oxygens (including phenoxy) is 1. The van der Waals surface area contributed by atoms with Crippen molar-refractivity contribution in [3.05, 3.63) is 16.1 Å². The zero-order valence-corrected chi connectivity index (χ0v) is 12.1. The van der Waals surface area contributed by atoms with Crippen LogP contribution in [0.15, 0.2) is 5.38 Å². The number of carbonyl (C=O) groups is 1. The van der Waals surface area contributed by atoms with E-state index in [0.717, 1.165) is 0 Å². The van der Waals surface area contributed by atoms with E-state index in [1.54, 1.807) is 0 Å². The second-order valence-corrected chi connectivity index (χ2v) is 6.61. The Balaban J connectivity index is 2.34. The predicted octanol–water partition coefficient (Wildman–Crippen LogP) is 0.340. The Kier molecular flexibility index (Phi) is 6.35. The highest BCUT2D eigenvalue weighted by molar-refractivity contribution is 7.89. The van der Waals surface area contributed by atoms with Crippen molar-refractivity contribution >= 4 is 27.3 Å². The van der Waals surface area contributed by atoms with Crippen molar-refractivity contribution in [1.82, 2.24) is 9.71 Å². The number of nitrogens with zero attached hydrogens (tertiary/aromatic N) is 1. The minimum Gasteiger partial charge on any atom is -0.476 e. The summed E-state index contributed by atoms with van der Waals surface area (Å²) in [6, 6.07) is 0. The summed E-state index contributed by atoms with van der Waals surface area (Å²) in [5.41, 5.74) is -0.0112. The molecule has 0 radical (unpaired) electrons. The molecule has 108 valence electrons. The Morgan fingerprint density at radius 1 is 1.58 bits per heavy atom. The molecule has 0 saturated carbocycles. The van der Waals surface area contributed by atoms with Gasteiger partial charge < -0.3 is 9.84 Å². The van der Waals surface area contributed by atoms with Crippen molar-refractivity contribution in [2.75, 3.05) is 26.0 Å². The number of carboxylic acids is 1. The van der Waals surface area contributed by atoms with E-state index in [2.05, 4.69) is 9.71 Å². The normalized spacial score (nSPS) is 11.6. The van der Waals surface area contributed by atoms with Crippen LogP contribution in [0.1, 0.15) is 21.9 Å². The van der Waals surface area contributed by atoms with E-state index >= 15 is 0 Å². The lowest BCUT2D eigenvalue weighted by molar-refractivity contribution is 0.0691. The Hall–Kier alpha value is -1.03. The monoisotopic (exact) mass is 308 g/mol. The minimum absolute atomic E-state index is 0.0112. The van der Waals surface area contributed by atoms with Crippen LogP contribution in [0.3, 0.4) is 0 Å². The second kappa shape index (κ2) is 7.53. The molecular weight excluding hydrogens is 292 g/mol. The van der Waals surface area contributed by atoms with Gasteiger partial charge in [0.05, 0.1) is 10.8 Å². The molecule has 0 bridgehead atoms. The van der Waals surface area contributed by atoms with Gasteiger partial charge in [-0.25, -0.2) is 22.9 Å². The minimum atomic E-state index is -3.30. The first-order valence-electron chi connectivity index (χ1n) is 5.58. The number of thiazole rings is 1. The highest BCUT2D eigenvalue weighted by atomic mass is 32.2. The van der Waals surface area contributed by atoms with E-state index in [1.165, 1.54) is 23.8 Å². The molecule has 7 nitrogen and oxygen atoms in total. The van der Waals surface area contributed by atoms with Crippen LogP contribution in [0.5, 0.6) is 0 Å². The van der Waals surface area contributed by atoms with E-state index < -0.39 is 16.0 Å². The summed E-state index contributed by atoms with van der Waals surface area (Å²) >= 11 is 1.20. The summed E-state index contributed by atoms with van der Waals surface area (Å²) in [7, 11) is -1.79. The van der Waals surface area contributed by atoms with Gasteiger partial charge in [0.1, 0.15) is 0 Å². The molecular formula is C10H16N2O5S2. The van der Waals surface area contributed by atoms with Crippen LogP contribution in [0.25, 0.3) is 0 Å². The fourth-order valence-corrected chi connectivity index (χ4v) is 3.13. The summed E-state index contributed by atoms with van der Waals surface area (Å²) in [6.45, 7) is 0.608. The molecule has 0 aromatic carbocycles. The molecule has 1 aromatic rings. The van der Waals surface area contributed by atoms with E-state index in [1.807, 2.05) is 0 Å². The standard InChI is InChI=1S/C10H16N2O5S2/c1-17-5-2-6-19(15,16)11-4-3-9-12-8(7-18-9)10(13)14/h7,11H,2-6H2,1H3,(H,13,14). The van der Waals surface area contributed by atoms with Crippen LogP contribution in [-0.4, -0.2) is 50.5 Å². The topological polar surface area (TPSA) is 106 Å². The van der Waals surface area contributed by atoms with Gasteiger partial charge in [0.15, 0.2) is 5.69 Å². The maximum Gasteiger partial charge on any atom is 0.355 e. The first-order chi connectivity index (χ1) is 8.94. The van der Waals surface area contributed by atoms with Crippen molar-refractivity contribution in [3.63, 3.8) is 0 Å². The number of rotatable bonds is 9. The molecule has 0 aliphatic heterocycles. The molecule has 0 aliphatic carbocycles. The number of carboxylic acid groups (broad SMARTS) is 1. The Labute approximate surface area is 115 Å². The third-order valence-corrected chi connectivity index (χ3v) is 4.57. The van der Waals surface area contributed by atoms with Gasteiger partial charge in [-0.05, 0) is 6.42 Å². The maximum absolute atomic E-state index is 11.5. The zero-order chi connectivity index (χ0) is 14.3. The molecule has 0 spiro atoms. The largest absolute Gasteiger partial charge is 0.476 e. The molecule has 1 aromatic heterocycles. The molecule has 9 heteroatoms. The number of aromatic nitrogens is 1. The molecule has 0 aliphatic rings. The fourth-order valence-electron chi connectivity index (χ4n) is 1.30. The summed E-state index contributed by atoms with van der Waals surface area (Å²) < 4.78 is 30.3. The van der Waals surface area contributed by atoms with Crippen molar-refractivity contribution < 1.29 is 23.1 Å². The fraction of sp³-hybridized carbons (Fsp3) is 0.600. The van der Waals surface area contributed by atoms with Gasteiger partial charge in [0.2, 0.25) is 10.0 Å². The van der Waals surface area contributed by atoms with Crippen molar-refractivity contribution in [2.24, 2.45) is 0 Å². The van der Waals surface area contributed by atoms with E-state index in [0.29, 0.717) is 24.5 Å². The van der Waals surface area contributed by atoms with E-state index in [-0.39, 0.29) is 18.0 Å². The van der Waals surface area contributed by atoms with Crippen molar-refractivity contribution in [3.8, 4) is 0 Å². The Morgan fingerprint density at radius 2 is 2.32 bits per heavy atom. The van der Waals surface area contributed by atoms with Gasteiger partial charge in [0, 0.05) is 32.1 Å². The quantitative estimate of drug-likeness (QED) is 0.637. The molecule has 19 heavy (non-hydrogen) atoms. The number of aromatic carboxylic acids is 1.